The summed E-state index contributed by atoms with van der Waals surface area (Å²) in [7, 11) is 0. The second kappa shape index (κ2) is 6.13. The maximum absolute atomic E-state index is 13.1. The molecule has 1 aliphatic heterocycles. The molecule has 0 spiro atoms. The quantitative estimate of drug-likeness (QED) is 0.769. The van der Waals surface area contributed by atoms with Gasteiger partial charge in [-0.2, -0.15) is 4.39 Å². The maximum Gasteiger partial charge on any atom is 0.272 e. The Kier molecular flexibility index (Phi) is 4.51. The summed E-state index contributed by atoms with van der Waals surface area (Å²) in [5, 5.41) is 0. The lowest BCUT2D eigenvalue weighted by molar-refractivity contribution is 0.0751. The monoisotopic (exact) mass is 264 g/mol. The molecular formula is C15H21FN2O. The summed E-state index contributed by atoms with van der Waals surface area (Å²) in [6.07, 6.45) is 3.21. The minimum atomic E-state index is -0.597. The van der Waals surface area contributed by atoms with Gasteiger partial charge in [0.2, 0.25) is 5.95 Å². The van der Waals surface area contributed by atoms with Crippen LogP contribution in [0.1, 0.15) is 43.6 Å². The second-order valence-corrected chi connectivity index (χ2v) is 5.57. The molecule has 0 N–H and O–H groups in total. The van der Waals surface area contributed by atoms with Gasteiger partial charge in [0.05, 0.1) is 0 Å². The standard InChI is InChI=1S/C15H21FN2O/c1-11(2)12-5-4-9-18(10-8-12)15(19)13-6-3-7-14(16)17-13/h3,6-7,11-12H,4-5,8-10H2,1-2H3. The van der Waals surface area contributed by atoms with Gasteiger partial charge in [0, 0.05) is 13.1 Å². The third kappa shape index (κ3) is 3.52. The zero-order valence-corrected chi connectivity index (χ0v) is 11.6. The fourth-order valence-electron chi connectivity index (χ4n) is 2.68. The largest absolute Gasteiger partial charge is 0.337 e. The van der Waals surface area contributed by atoms with E-state index in [2.05, 4.69) is 18.8 Å². The Morgan fingerprint density at radius 3 is 2.84 bits per heavy atom. The zero-order chi connectivity index (χ0) is 13.8. The minimum Gasteiger partial charge on any atom is -0.337 e. The van der Waals surface area contributed by atoms with Crippen LogP contribution < -0.4 is 0 Å². The Morgan fingerprint density at radius 2 is 2.16 bits per heavy atom. The van der Waals surface area contributed by atoms with Crippen molar-refractivity contribution in [1.29, 1.82) is 0 Å². The van der Waals surface area contributed by atoms with Crippen LogP contribution in [0.3, 0.4) is 0 Å². The molecule has 2 heterocycles. The van der Waals surface area contributed by atoms with E-state index in [0.717, 1.165) is 32.4 Å². The molecule has 1 atom stereocenters. The van der Waals surface area contributed by atoms with E-state index in [-0.39, 0.29) is 11.6 Å². The Labute approximate surface area is 113 Å². The number of aromatic nitrogens is 1. The van der Waals surface area contributed by atoms with E-state index in [1.54, 1.807) is 6.07 Å². The smallest absolute Gasteiger partial charge is 0.272 e. The van der Waals surface area contributed by atoms with Gasteiger partial charge in [0.1, 0.15) is 5.69 Å². The fraction of sp³-hybridized carbons (Fsp3) is 0.600. The number of halogens is 1. The summed E-state index contributed by atoms with van der Waals surface area (Å²) in [5.41, 5.74) is 0.211. The van der Waals surface area contributed by atoms with Crippen molar-refractivity contribution in [1.82, 2.24) is 9.88 Å². The molecule has 2 rings (SSSR count). The molecule has 1 fully saturated rings. The van der Waals surface area contributed by atoms with Crippen LogP contribution in [0, 0.1) is 17.8 Å². The molecule has 0 aliphatic carbocycles. The van der Waals surface area contributed by atoms with E-state index in [4.69, 9.17) is 0 Å². The zero-order valence-electron chi connectivity index (χ0n) is 11.6. The molecule has 1 unspecified atom stereocenters. The SMILES string of the molecule is CC(C)C1CCCN(C(=O)c2cccc(F)n2)CC1. The highest BCUT2D eigenvalue weighted by Crippen LogP contribution is 2.25. The molecule has 1 aliphatic rings. The first-order valence-corrected chi connectivity index (χ1v) is 6.99. The summed E-state index contributed by atoms with van der Waals surface area (Å²) in [6.45, 7) is 5.96. The number of amides is 1. The van der Waals surface area contributed by atoms with Gasteiger partial charge in [-0.1, -0.05) is 19.9 Å². The summed E-state index contributed by atoms with van der Waals surface area (Å²) in [6, 6.07) is 4.37. The molecule has 0 bridgehead atoms. The molecule has 0 radical (unpaired) electrons. The van der Waals surface area contributed by atoms with Crippen molar-refractivity contribution in [3.8, 4) is 0 Å². The van der Waals surface area contributed by atoms with Gasteiger partial charge in [-0.3, -0.25) is 4.79 Å². The highest BCUT2D eigenvalue weighted by Gasteiger charge is 2.23. The number of rotatable bonds is 2. The summed E-state index contributed by atoms with van der Waals surface area (Å²) >= 11 is 0. The van der Waals surface area contributed by atoms with E-state index in [1.807, 2.05) is 4.90 Å². The first kappa shape index (κ1) is 14.0. The summed E-state index contributed by atoms with van der Waals surface area (Å²) in [4.78, 5) is 17.8. The minimum absolute atomic E-state index is 0.149. The lowest BCUT2D eigenvalue weighted by atomic mass is 9.89. The van der Waals surface area contributed by atoms with Gasteiger partial charge in [-0.25, -0.2) is 4.98 Å². The maximum atomic E-state index is 13.1. The van der Waals surface area contributed by atoms with Crippen LogP contribution >= 0.6 is 0 Å². The number of carbonyl (C=O) groups excluding carboxylic acids is 1. The van der Waals surface area contributed by atoms with Gasteiger partial charge >= 0.3 is 0 Å². The van der Waals surface area contributed by atoms with E-state index in [9.17, 15) is 9.18 Å². The lowest BCUT2D eigenvalue weighted by Crippen LogP contribution is -2.32. The first-order valence-electron chi connectivity index (χ1n) is 6.99. The molecule has 3 nitrogen and oxygen atoms in total. The summed E-state index contributed by atoms with van der Waals surface area (Å²) < 4.78 is 13.1. The Morgan fingerprint density at radius 1 is 1.37 bits per heavy atom. The van der Waals surface area contributed by atoms with Crippen molar-refractivity contribution in [3.05, 3.63) is 29.8 Å². The lowest BCUT2D eigenvalue weighted by Gasteiger charge is -2.21. The molecule has 0 aromatic carbocycles. The molecule has 1 aromatic rings. The van der Waals surface area contributed by atoms with Crippen LogP contribution in [0.25, 0.3) is 0 Å². The average Bonchev–Trinajstić information content (AvgIpc) is 2.63. The number of hydrogen-bond donors (Lipinski definition) is 0. The Hall–Kier alpha value is -1.45. The molecule has 0 saturated carbocycles. The average molecular weight is 264 g/mol. The van der Waals surface area contributed by atoms with Crippen molar-refractivity contribution >= 4 is 5.91 Å². The highest BCUT2D eigenvalue weighted by atomic mass is 19.1. The van der Waals surface area contributed by atoms with Gasteiger partial charge in [-0.05, 0) is 43.2 Å². The molecule has 19 heavy (non-hydrogen) atoms. The molecule has 4 heteroatoms. The number of hydrogen-bond acceptors (Lipinski definition) is 2. The van der Waals surface area contributed by atoms with Crippen LogP contribution in [0.4, 0.5) is 4.39 Å². The Balaban J connectivity index is 2.04. The van der Waals surface area contributed by atoms with E-state index < -0.39 is 5.95 Å². The predicted molar refractivity (Wildman–Crippen MR) is 72.3 cm³/mol. The summed E-state index contributed by atoms with van der Waals surface area (Å²) in [5.74, 6) is 0.588. The van der Waals surface area contributed by atoms with Gasteiger partial charge in [0.25, 0.3) is 5.91 Å². The van der Waals surface area contributed by atoms with E-state index in [1.165, 1.54) is 12.1 Å². The molecule has 1 aromatic heterocycles. The Bertz CT molecular complexity index is 448. The van der Waals surface area contributed by atoms with E-state index in [0.29, 0.717) is 11.8 Å². The number of pyridine rings is 1. The van der Waals surface area contributed by atoms with Crippen molar-refractivity contribution in [2.75, 3.05) is 13.1 Å². The topological polar surface area (TPSA) is 33.2 Å². The van der Waals surface area contributed by atoms with Crippen molar-refractivity contribution in [2.45, 2.75) is 33.1 Å². The van der Waals surface area contributed by atoms with Crippen molar-refractivity contribution < 1.29 is 9.18 Å². The van der Waals surface area contributed by atoms with Crippen LogP contribution in [0.2, 0.25) is 0 Å². The van der Waals surface area contributed by atoms with Crippen molar-refractivity contribution in [3.63, 3.8) is 0 Å². The van der Waals surface area contributed by atoms with Crippen LogP contribution in [-0.4, -0.2) is 28.9 Å². The fourth-order valence-corrected chi connectivity index (χ4v) is 2.68. The number of carbonyl (C=O) groups is 1. The molecule has 1 saturated heterocycles. The molecular weight excluding hydrogens is 243 g/mol. The molecule has 1 amide bonds. The van der Waals surface area contributed by atoms with Gasteiger partial charge < -0.3 is 4.90 Å². The third-order valence-electron chi connectivity index (χ3n) is 3.94. The molecule has 104 valence electrons. The van der Waals surface area contributed by atoms with Crippen LogP contribution in [0.5, 0.6) is 0 Å². The van der Waals surface area contributed by atoms with Gasteiger partial charge in [0.15, 0.2) is 0 Å². The normalized spacial score (nSPS) is 20.4. The number of likely N-dealkylation sites (tertiary alicyclic amines) is 1. The first-order chi connectivity index (χ1) is 9.08. The van der Waals surface area contributed by atoms with Crippen LogP contribution in [0.15, 0.2) is 18.2 Å². The van der Waals surface area contributed by atoms with E-state index >= 15 is 0 Å². The number of nitrogens with zero attached hydrogens (tertiary/aromatic N) is 2. The third-order valence-corrected chi connectivity index (χ3v) is 3.94. The second-order valence-electron chi connectivity index (χ2n) is 5.57. The van der Waals surface area contributed by atoms with Crippen molar-refractivity contribution in [2.24, 2.45) is 11.8 Å². The van der Waals surface area contributed by atoms with Crippen LogP contribution in [-0.2, 0) is 0 Å². The predicted octanol–water partition coefficient (Wildman–Crippen LogP) is 3.12. The highest BCUT2D eigenvalue weighted by molar-refractivity contribution is 5.92. The van der Waals surface area contributed by atoms with Gasteiger partial charge in [-0.15, -0.1) is 0 Å².